The standard InChI is InChI=1S/C12H17F3N2O3/c1-7(16)6-20-9-3-2-8(4-5-12(13,14)15)10(17-9)11(18)19/h7-10,17H,2-3,6,16H2,1H3,(H,18,19). The zero-order chi connectivity index (χ0) is 15.3. The van der Waals surface area contributed by atoms with Gasteiger partial charge in [-0.05, 0) is 19.8 Å². The Labute approximate surface area is 114 Å². The summed E-state index contributed by atoms with van der Waals surface area (Å²) in [7, 11) is 0. The van der Waals surface area contributed by atoms with Crippen LogP contribution in [0.3, 0.4) is 0 Å². The summed E-state index contributed by atoms with van der Waals surface area (Å²) in [5.41, 5.74) is 5.51. The van der Waals surface area contributed by atoms with Gasteiger partial charge in [0.1, 0.15) is 12.3 Å². The van der Waals surface area contributed by atoms with Gasteiger partial charge < -0.3 is 15.6 Å². The number of nitrogens with two attached hydrogens (primary N) is 1. The molecule has 0 amide bonds. The third-order valence-corrected chi connectivity index (χ3v) is 2.73. The molecule has 1 aliphatic heterocycles. The fourth-order valence-electron chi connectivity index (χ4n) is 1.87. The molecule has 0 aromatic rings. The third-order valence-electron chi connectivity index (χ3n) is 2.73. The van der Waals surface area contributed by atoms with Gasteiger partial charge in [0.2, 0.25) is 0 Å². The number of hydrogen-bond acceptors (Lipinski definition) is 4. The highest BCUT2D eigenvalue weighted by Gasteiger charge is 2.35. The smallest absolute Gasteiger partial charge is 0.457 e. The molecule has 8 heteroatoms. The van der Waals surface area contributed by atoms with Crippen LogP contribution in [0, 0.1) is 17.8 Å². The minimum Gasteiger partial charge on any atom is -0.480 e. The molecule has 1 heterocycles. The first-order valence-corrected chi connectivity index (χ1v) is 6.14. The fraction of sp³-hybridized carbons (Fsp3) is 0.750. The Morgan fingerprint density at radius 1 is 1.55 bits per heavy atom. The van der Waals surface area contributed by atoms with Crippen LogP contribution in [0.25, 0.3) is 0 Å². The van der Waals surface area contributed by atoms with Crippen LogP contribution in [0.15, 0.2) is 0 Å². The number of alkyl halides is 3. The number of hydrogen-bond donors (Lipinski definition) is 3. The van der Waals surface area contributed by atoms with E-state index in [1.807, 2.05) is 5.92 Å². The molecule has 0 aromatic heterocycles. The van der Waals surface area contributed by atoms with E-state index in [0.29, 0.717) is 6.42 Å². The summed E-state index contributed by atoms with van der Waals surface area (Å²) in [5.74, 6) is 0.959. The van der Waals surface area contributed by atoms with Gasteiger partial charge >= 0.3 is 12.1 Å². The van der Waals surface area contributed by atoms with Gasteiger partial charge in [0.15, 0.2) is 0 Å². The zero-order valence-electron chi connectivity index (χ0n) is 10.9. The molecule has 4 atom stereocenters. The molecule has 0 aliphatic carbocycles. The lowest BCUT2D eigenvalue weighted by atomic mass is 9.90. The summed E-state index contributed by atoms with van der Waals surface area (Å²) in [4.78, 5) is 11.1. The van der Waals surface area contributed by atoms with E-state index in [9.17, 15) is 18.0 Å². The second kappa shape index (κ2) is 6.92. The summed E-state index contributed by atoms with van der Waals surface area (Å²) in [5, 5.41) is 11.7. The minimum atomic E-state index is -4.62. The van der Waals surface area contributed by atoms with E-state index in [4.69, 9.17) is 15.6 Å². The average molecular weight is 294 g/mol. The van der Waals surface area contributed by atoms with Gasteiger partial charge in [0, 0.05) is 17.9 Å². The topological polar surface area (TPSA) is 84.6 Å². The van der Waals surface area contributed by atoms with Crippen molar-refractivity contribution in [3.05, 3.63) is 0 Å². The molecule has 1 fully saturated rings. The first-order chi connectivity index (χ1) is 9.19. The maximum Gasteiger partial charge on any atom is 0.457 e. The van der Waals surface area contributed by atoms with Crippen LogP contribution in [0.1, 0.15) is 19.8 Å². The molecule has 1 saturated heterocycles. The normalized spacial score (nSPS) is 28.4. The lowest BCUT2D eigenvalue weighted by Crippen LogP contribution is -2.53. The Bertz CT molecular complexity index is 401. The van der Waals surface area contributed by atoms with Crippen LogP contribution < -0.4 is 11.1 Å². The molecule has 1 rings (SSSR count). The van der Waals surface area contributed by atoms with Crippen molar-refractivity contribution >= 4 is 5.97 Å². The van der Waals surface area contributed by atoms with Gasteiger partial charge in [-0.15, -0.1) is 0 Å². The molecule has 5 nitrogen and oxygen atoms in total. The van der Waals surface area contributed by atoms with Crippen molar-refractivity contribution in [2.45, 2.75) is 44.3 Å². The van der Waals surface area contributed by atoms with Gasteiger partial charge in [0.25, 0.3) is 0 Å². The van der Waals surface area contributed by atoms with Crippen LogP contribution in [-0.4, -0.2) is 42.2 Å². The molecule has 0 saturated carbocycles. The second-order valence-electron chi connectivity index (χ2n) is 4.73. The molecular formula is C12H17F3N2O3. The molecule has 0 bridgehead atoms. The van der Waals surface area contributed by atoms with Crippen LogP contribution in [0.2, 0.25) is 0 Å². The Balaban J connectivity index is 2.66. The van der Waals surface area contributed by atoms with E-state index < -0.39 is 30.3 Å². The highest BCUT2D eigenvalue weighted by Crippen LogP contribution is 2.22. The number of carbonyl (C=O) groups is 1. The zero-order valence-corrected chi connectivity index (χ0v) is 10.9. The van der Waals surface area contributed by atoms with E-state index >= 15 is 0 Å². The van der Waals surface area contributed by atoms with Gasteiger partial charge in [-0.3, -0.25) is 10.1 Å². The molecule has 0 radical (unpaired) electrons. The van der Waals surface area contributed by atoms with Gasteiger partial charge in [-0.1, -0.05) is 5.92 Å². The Kier molecular flexibility index (Phi) is 5.80. The second-order valence-corrected chi connectivity index (χ2v) is 4.73. The number of ether oxygens (including phenoxy) is 1. The van der Waals surface area contributed by atoms with E-state index in [1.54, 1.807) is 6.92 Å². The van der Waals surface area contributed by atoms with E-state index in [-0.39, 0.29) is 19.1 Å². The van der Waals surface area contributed by atoms with Crippen molar-refractivity contribution in [2.75, 3.05) is 6.61 Å². The van der Waals surface area contributed by atoms with Gasteiger partial charge in [-0.25, -0.2) is 0 Å². The predicted molar refractivity (Wildman–Crippen MR) is 64.5 cm³/mol. The third kappa shape index (κ3) is 5.77. The predicted octanol–water partition coefficient (Wildman–Crippen LogP) is 0.695. The first-order valence-electron chi connectivity index (χ1n) is 6.14. The first kappa shape index (κ1) is 16.8. The van der Waals surface area contributed by atoms with E-state index in [2.05, 4.69) is 5.32 Å². The molecule has 20 heavy (non-hydrogen) atoms. The maximum absolute atomic E-state index is 12.0. The number of nitrogens with one attached hydrogen (secondary N) is 1. The Morgan fingerprint density at radius 2 is 2.20 bits per heavy atom. The summed E-state index contributed by atoms with van der Waals surface area (Å²) >= 11 is 0. The molecule has 4 N–H and O–H groups in total. The lowest BCUT2D eigenvalue weighted by molar-refractivity contribution is -0.144. The van der Waals surface area contributed by atoms with Crippen LogP contribution in [0.5, 0.6) is 0 Å². The highest BCUT2D eigenvalue weighted by atomic mass is 19.4. The van der Waals surface area contributed by atoms with Gasteiger partial charge in [-0.2, -0.15) is 13.2 Å². The van der Waals surface area contributed by atoms with E-state index in [1.165, 1.54) is 0 Å². The lowest BCUT2D eigenvalue weighted by Gasteiger charge is -2.32. The quantitative estimate of drug-likeness (QED) is 0.665. The van der Waals surface area contributed by atoms with Gasteiger partial charge in [0.05, 0.1) is 6.61 Å². The molecule has 4 unspecified atom stereocenters. The summed E-state index contributed by atoms with van der Waals surface area (Å²) < 4.78 is 41.5. The summed E-state index contributed by atoms with van der Waals surface area (Å²) in [6.07, 6.45) is -4.55. The number of halogens is 3. The Morgan fingerprint density at radius 3 is 2.70 bits per heavy atom. The molecular weight excluding hydrogens is 277 g/mol. The van der Waals surface area contributed by atoms with Crippen molar-refractivity contribution in [1.29, 1.82) is 0 Å². The summed E-state index contributed by atoms with van der Waals surface area (Å²) in [6.45, 7) is 1.97. The molecule has 114 valence electrons. The maximum atomic E-state index is 12.0. The number of rotatable bonds is 4. The van der Waals surface area contributed by atoms with Crippen LogP contribution in [0.4, 0.5) is 13.2 Å². The van der Waals surface area contributed by atoms with Crippen molar-refractivity contribution in [2.24, 2.45) is 11.7 Å². The molecule has 0 spiro atoms. The average Bonchev–Trinajstić information content (AvgIpc) is 2.33. The fourth-order valence-corrected chi connectivity index (χ4v) is 1.87. The molecule has 1 aliphatic rings. The van der Waals surface area contributed by atoms with Crippen molar-refractivity contribution < 1.29 is 27.8 Å². The van der Waals surface area contributed by atoms with Crippen LogP contribution >= 0.6 is 0 Å². The van der Waals surface area contributed by atoms with Crippen molar-refractivity contribution in [3.8, 4) is 11.8 Å². The Hall–Kier alpha value is -1.30. The largest absolute Gasteiger partial charge is 0.480 e. The monoisotopic (exact) mass is 294 g/mol. The number of aliphatic carboxylic acids is 1. The van der Waals surface area contributed by atoms with Crippen LogP contribution in [-0.2, 0) is 9.53 Å². The van der Waals surface area contributed by atoms with Crippen molar-refractivity contribution in [3.63, 3.8) is 0 Å². The van der Waals surface area contributed by atoms with Crippen molar-refractivity contribution in [1.82, 2.24) is 5.32 Å². The summed E-state index contributed by atoms with van der Waals surface area (Å²) in [6, 6.07) is -1.39. The minimum absolute atomic E-state index is 0.206. The SMILES string of the molecule is CC(N)COC1CCC(C#CC(F)(F)F)C(C(=O)O)N1. The number of carboxylic acid groups (broad SMARTS) is 1. The number of carboxylic acids is 1. The van der Waals surface area contributed by atoms with E-state index in [0.717, 1.165) is 5.92 Å². The molecule has 0 aromatic carbocycles. The highest BCUT2D eigenvalue weighted by molar-refractivity contribution is 5.74. The number of piperidine rings is 1.